The Hall–Kier alpha value is -2.16. The number of aromatic nitrogens is 2. The number of nitrogens with zero attached hydrogens (tertiary/aromatic N) is 4. The van der Waals surface area contributed by atoms with Gasteiger partial charge in [0, 0.05) is 50.8 Å². The minimum Gasteiger partial charge on any atom is -0.444 e. The first kappa shape index (κ1) is 24.5. The molecule has 0 radical (unpaired) electrons. The minimum atomic E-state index is -1.19. The number of hydrogen-bond donors (Lipinski definition) is 1. The number of rotatable bonds is 5. The molecule has 0 spiro atoms. The zero-order valence-electron chi connectivity index (χ0n) is 19.4. The van der Waals surface area contributed by atoms with E-state index >= 15 is 0 Å². The molecule has 0 saturated carbocycles. The van der Waals surface area contributed by atoms with Crippen molar-refractivity contribution >= 4 is 17.7 Å². The fraction of sp³-hybridized carbons (Fsp3) is 0.565. The number of carbonyl (C=O) groups is 1. The Kier molecular flexibility index (Phi) is 7.17. The van der Waals surface area contributed by atoms with E-state index in [9.17, 15) is 14.3 Å². The lowest BCUT2D eigenvalue weighted by Gasteiger charge is -2.38. The molecule has 1 aromatic heterocycles. The molecule has 2 heterocycles. The summed E-state index contributed by atoms with van der Waals surface area (Å²) in [6.45, 7) is 7.60. The monoisotopic (exact) mass is 466 g/mol. The van der Waals surface area contributed by atoms with Gasteiger partial charge in [-0.25, -0.2) is 14.2 Å². The quantitative estimate of drug-likeness (QED) is 0.717. The molecule has 0 bridgehead atoms. The Balaban J connectivity index is 1.85. The van der Waals surface area contributed by atoms with Crippen LogP contribution >= 0.6 is 11.6 Å². The topological polar surface area (TPSA) is 70.8 Å². The van der Waals surface area contributed by atoms with Gasteiger partial charge in [-0.2, -0.15) is 0 Å². The number of amides is 1. The summed E-state index contributed by atoms with van der Waals surface area (Å²) in [5.74, 6) is 0.0504. The van der Waals surface area contributed by atoms with Gasteiger partial charge < -0.3 is 24.2 Å². The number of ether oxygens (including phenoxy) is 1. The molecule has 2 aromatic rings. The summed E-state index contributed by atoms with van der Waals surface area (Å²) in [5, 5.41) is 11.5. The van der Waals surface area contributed by atoms with Crippen molar-refractivity contribution in [3.05, 3.63) is 41.1 Å². The van der Waals surface area contributed by atoms with Crippen molar-refractivity contribution < 1.29 is 19.0 Å². The Labute approximate surface area is 193 Å². The van der Waals surface area contributed by atoms with E-state index in [1.165, 1.54) is 12.1 Å². The van der Waals surface area contributed by atoms with Crippen molar-refractivity contribution in [3.63, 3.8) is 0 Å². The average Bonchev–Trinajstić information content (AvgIpc) is 3.13. The van der Waals surface area contributed by atoms with Gasteiger partial charge >= 0.3 is 6.09 Å². The first-order chi connectivity index (χ1) is 14.9. The Morgan fingerprint density at radius 1 is 1.31 bits per heavy atom. The fourth-order valence-corrected chi connectivity index (χ4v) is 3.85. The van der Waals surface area contributed by atoms with E-state index in [0.717, 1.165) is 6.54 Å². The second kappa shape index (κ2) is 9.37. The van der Waals surface area contributed by atoms with E-state index in [2.05, 4.69) is 0 Å². The number of piperidine rings is 1. The lowest BCUT2D eigenvalue weighted by atomic mass is 9.90. The third-order valence-electron chi connectivity index (χ3n) is 5.44. The van der Waals surface area contributed by atoms with Crippen LogP contribution in [0, 0.1) is 5.82 Å². The number of halogens is 2. The van der Waals surface area contributed by atoms with Crippen molar-refractivity contribution in [3.8, 4) is 11.3 Å². The molecule has 1 aromatic carbocycles. The van der Waals surface area contributed by atoms with Gasteiger partial charge in [-0.3, -0.25) is 0 Å². The molecule has 176 valence electrons. The van der Waals surface area contributed by atoms with Crippen LogP contribution in [0.1, 0.15) is 39.4 Å². The number of imidazole rings is 1. The van der Waals surface area contributed by atoms with Crippen LogP contribution in [0.4, 0.5) is 9.18 Å². The van der Waals surface area contributed by atoms with E-state index in [4.69, 9.17) is 21.3 Å². The zero-order chi connectivity index (χ0) is 23.7. The minimum absolute atomic E-state index is 0.0243. The van der Waals surface area contributed by atoms with Crippen LogP contribution in [-0.4, -0.2) is 69.9 Å². The molecule has 32 heavy (non-hydrogen) atoms. The average molecular weight is 467 g/mol. The maximum absolute atomic E-state index is 13.6. The molecule has 0 unspecified atom stereocenters. The summed E-state index contributed by atoms with van der Waals surface area (Å²) in [5.41, 5.74) is -0.467. The maximum Gasteiger partial charge on any atom is 0.410 e. The third kappa shape index (κ3) is 5.79. The van der Waals surface area contributed by atoms with Crippen LogP contribution in [0.2, 0.25) is 5.02 Å². The molecule has 1 aliphatic heterocycles. The van der Waals surface area contributed by atoms with E-state index in [1.807, 2.05) is 50.5 Å². The molecule has 0 aliphatic carbocycles. The largest absolute Gasteiger partial charge is 0.444 e. The second-order valence-corrected chi connectivity index (χ2v) is 9.98. The predicted molar refractivity (Wildman–Crippen MR) is 122 cm³/mol. The van der Waals surface area contributed by atoms with Crippen LogP contribution in [0.3, 0.4) is 0 Å². The number of carbonyl (C=O) groups excluding carboxylic acids is 1. The van der Waals surface area contributed by atoms with E-state index in [0.29, 0.717) is 49.6 Å². The van der Waals surface area contributed by atoms with Gasteiger partial charge in [0.1, 0.15) is 22.8 Å². The van der Waals surface area contributed by atoms with Crippen molar-refractivity contribution in [1.29, 1.82) is 0 Å². The van der Waals surface area contributed by atoms with Gasteiger partial charge in [0.05, 0.1) is 10.7 Å². The lowest BCUT2D eigenvalue weighted by Crippen LogP contribution is -2.47. The maximum atomic E-state index is 13.6. The molecule has 9 heteroatoms. The molecule has 1 saturated heterocycles. The fourth-order valence-electron chi connectivity index (χ4n) is 3.67. The molecule has 7 nitrogen and oxygen atoms in total. The van der Waals surface area contributed by atoms with Crippen LogP contribution < -0.4 is 0 Å². The highest BCUT2D eigenvalue weighted by Crippen LogP contribution is 2.35. The first-order valence-corrected chi connectivity index (χ1v) is 11.1. The van der Waals surface area contributed by atoms with E-state index < -0.39 is 17.0 Å². The summed E-state index contributed by atoms with van der Waals surface area (Å²) in [4.78, 5) is 20.8. The third-order valence-corrected chi connectivity index (χ3v) is 5.73. The highest BCUT2D eigenvalue weighted by atomic mass is 35.5. The van der Waals surface area contributed by atoms with Crippen LogP contribution in [0.25, 0.3) is 11.3 Å². The Bertz CT molecular complexity index is 963. The normalized spacial score (nSPS) is 16.5. The molecule has 1 fully saturated rings. The van der Waals surface area contributed by atoms with Gasteiger partial charge in [-0.05, 0) is 53.1 Å². The standard InChI is InChI=1S/C23H32ClFN4O3/c1-22(2,3)32-21(30)28-10-8-23(31,9-11-28)20-26-19(15-29(20)13-12-27(4)5)16-6-7-18(25)17(24)14-16/h6-7,14-15,31H,8-13H2,1-5H3. The van der Waals surface area contributed by atoms with E-state index in [-0.39, 0.29) is 11.1 Å². The highest BCUT2D eigenvalue weighted by Gasteiger charge is 2.40. The molecule has 1 aliphatic rings. The summed E-state index contributed by atoms with van der Waals surface area (Å²) >= 11 is 5.97. The molecule has 1 N–H and O–H groups in total. The summed E-state index contributed by atoms with van der Waals surface area (Å²) in [6, 6.07) is 4.47. The Morgan fingerprint density at radius 2 is 1.97 bits per heavy atom. The molecule has 3 rings (SSSR count). The van der Waals surface area contributed by atoms with Crippen molar-refractivity contribution in [2.75, 3.05) is 33.7 Å². The van der Waals surface area contributed by atoms with E-state index in [1.54, 1.807) is 11.0 Å². The van der Waals surface area contributed by atoms with Gasteiger partial charge in [-0.15, -0.1) is 0 Å². The SMILES string of the molecule is CN(C)CCn1cc(-c2ccc(F)c(Cl)c2)nc1C1(O)CCN(C(=O)OC(C)(C)C)CC1. The summed E-state index contributed by atoms with van der Waals surface area (Å²) < 4.78 is 21.0. The van der Waals surface area contributed by atoms with Crippen LogP contribution in [0.5, 0.6) is 0 Å². The number of benzene rings is 1. The summed E-state index contributed by atoms with van der Waals surface area (Å²) in [7, 11) is 3.95. The van der Waals surface area contributed by atoms with Gasteiger partial charge in [0.25, 0.3) is 0 Å². The smallest absolute Gasteiger partial charge is 0.410 e. The van der Waals surface area contributed by atoms with Crippen molar-refractivity contribution in [2.24, 2.45) is 0 Å². The van der Waals surface area contributed by atoms with Crippen molar-refractivity contribution in [2.45, 2.75) is 51.4 Å². The highest BCUT2D eigenvalue weighted by molar-refractivity contribution is 6.31. The summed E-state index contributed by atoms with van der Waals surface area (Å²) in [6.07, 6.45) is 2.17. The molecule has 0 atom stereocenters. The molecular weight excluding hydrogens is 435 g/mol. The number of likely N-dealkylation sites (N-methyl/N-ethyl adjacent to an activating group) is 1. The second-order valence-electron chi connectivity index (χ2n) is 9.57. The Morgan fingerprint density at radius 3 is 2.53 bits per heavy atom. The number of hydrogen-bond acceptors (Lipinski definition) is 5. The lowest BCUT2D eigenvalue weighted by molar-refractivity contribution is -0.0428. The zero-order valence-corrected chi connectivity index (χ0v) is 20.1. The van der Waals surface area contributed by atoms with Gasteiger partial charge in [-0.1, -0.05) is 11.6 Å². The van der Waals surface area contributed by atoms with Crippen LogP contribution in [0.15, 0.2) is 24.4 Å². The van der Waals surface area contributed by atoms with Crippen LogP contribution in [-0.2, 0) is 16.9 Å². The predicted octanol–water partition coefficient (Wildman–Crippen LogP) is 4.12. The number of likely N-dealkylation sites (tertiary alicyclic amines) is 1. The van der Waals surface area contributed by atoms with Crippen molar-refractivity contribution in [1.82, 2.24) is 19.4 Å². The number of aliphatic hydroxyl groups is 1. The molecular formula is C23H32ClFN4O3. The molecule has 1 amide bonds. The van der Waals surface area contributed by atoms with Gasteiger partial charge in [0.2, 0.25) is 0 Å². The first-order valence-electron chi connectivity index (χ1n) is 10.8. The van der Waals surface area contributed by atoms with Gasteiger partial charge in [0.15, 0.2) is 0 Å².